The van der Waals surface area contributed by atoms with E-state index in [1.54, 1.807) is 17.0 Å². The highest BCUT2D eigenvalue weighted by atomic mass is 32.1. The zero-order chi connectivity index (χ0) is 18.6. The van der Waals surface area contributed by atoms with E-state index in [4.69, 9.17) is 0 Å². The van der Waals surface area contributed by atoms with Crippen LogP contribution < -0.4 is 10.2 Å². The van der Waals surface area contributed by atoms with E-state index in [-0.39, 0.29) is 16.7 Å². The molecule has 3 aromatic heterocycles. The van der Waals surface area contributed by atoms with Crippen molar-refractivity contribution in [1.29, 1.82) is 0 Å². The zero-order valence-electron chi connectivity index (χ0n) is 14.6. The fraction of sp³-hybridized carbons (Fsp3) is 0.333. The zero-order valence-corrected chi connectivity index (χ0v) is 16.2. The van der Waals surface area contributed by atoms with Gasteiger partial charge in [0.2, 0.25) is 5.91 Å². The molecule has 1 unspecified atom stereocenters. The Hall–Kier alpha value is -2.36. The van der Waals surface area contributed by atoms with E-state index in [2.05, 4.69) is 20.2 Å². The molecule has 7 nitrogen and oxygen atoms in total. The van der Waals surface area contributed by atoms with Gasteiger partial charge in [0.05, 0.1) is 24.0 Å². The van der Waals surface area contributed by atoms with Crippen molar-refractivity contribution in [1.82, 2.24) is 19.4 Å². The van der Waals surface area contributed by atoms with Crippen molar-refractivity contribution in [2.75, 3.05) is 18.4 Å². The number of nitrogens with one attached hydrogen (secondary N) is 1. The minimum Gasteiger partial charge on any atom is -0.302 e. The third-order valence-electron chi connectivity index (χ3n) is 4.59. The molecule has 1 saturated heterocycles. The van der Waals surface area contributed by atoms with Crippen molar-refractivity contribution in [2.45, 2.75) is 19.5 Å². The maximum atomic E-state index is 12.5. The predicted octanol–water partition coefficient (Wildman–Crippen LogP) is 2.74. The van der Waals surface area contributed by atoms with E-state index < -0.39 is 0 Å². The highest BCUT2D eigenvalue weighted by Gasteiger charge is 2.27. The van der Waals surface area contributed by atoms with E-state index >= 15 is 0 Å². The van der Waals surface area contributed by atoms with Crippen molar-refractivity contribution in [3.8, 4) is 11.4 Å². The van der Waals surface area contributed by atoms with Gasteiger partial charge in [-0.3, -0.25) is 24.0 Å². The number of piperidine rings is 1. The first-order valence-electron chi connectivity index (χ1n) is 8.73. The average molecular weight is 402 g/mol. The monoisotopic (exact) mass is 401 g/mol. The topological polar surface area (TPSA) is 80.1 Å². The molecule has 0 bridgehead atoms. The number of pyridine rings is 1. The van der Waals surface area contributed by atoms with E-state index in [0.717, 1.165) is 30.8 Å². The molecular weight excluding hydrogens is 382 g/mol. The molecule has 1 aliphatic rings. The number of carbonyl (C=O) groups excluding carboxylic acids is 1. The molecule has 0 aliphatic carbocycles. The molecule has 0 aromatic carbocycles. The molecular formula is C18H19N5O2S2. The maximum Gasteiger partial charge on any atom is 0.308 e. The first-order chi connectivity index (χ1) is 13.2. The number of thiazole rings is 2. The summed E-state index contributed by atoms with van der Waals surface area (Å²) in [7, 11) is 0. The van der Waals surface area contributed by atoms with E-state index in [0.29, 0.717) is 18.3 Å². The number of rotatable bonds is 5. The van der Waals surface area contributed by atoms with Crippen molar-refractivity contribution >= 4 is 33.7 Å². The summed E-state index contributed by atoms with van der Waals surface area (Å²) in [4.78, 5) is 35.5. The molecule has 1 aliphatic heterocycles. The van der Waals surface area contributed by atoms with Gasteiger partial charge in [0.15, 0.2) is 5.13 Å². The van der Waals surface area contributed by atoms with Gasteiger partial charge < -0.3 is 5.32 Å². The Morgan fingerprint density at radius 1 is 1.26 bits per heavy atom. The van der Waals surface area contributed by atoms with Crippen LogP contribution in [0.4, 0.5) is 5.13 Å². The quantitative estimate of drug-likeness (QED) is 0.711. The number of likely N-dealkylation sites (tertiary alicyclic amines) is 1. The summed E-state index contributed by atoms with van der Waals surface area (Å²) in [5, 5.41) is 7.20. The van der Waals surface area contributed by atoms with Gasteiger partial charge >= 0.3 is 4.87 Å². The Morgan fingerprint density at radius 3 is 2.96 bits per heavy atom. The Bertz CT molecular complexity index is 952. The number of carbonyl (C=O) groups is 1. The Labute approximate surface area is 164 Å². The van der Waals surface area contributed by atoms with E-state index in [1.165, 1.54) is 22.7 Å². The van der Waals surface area contributed by atoms with Crippen LogP contribution >= 0.6 is 22.7 Å². The van der Waals surface area contributed by atoms with Crippen LogP contribution in [0.15, 0.2) is 46.1 Å². The largest absolute Gasteiger partial charge is 0.308 e. The van der Waals surface area contributed by atoms with Gasteiger partial charge in [0, 0.05) is 29.7 Å². The molecule has 1 N–H and O–H groups in total. The molecule has 4 rings (SSSR count). The Balaban J connectivity index is 1.46. The third kappa shape index (κ3) is 4.15. The van der Waals surface area contributed by atoms with Crippen LogP contribution in [0.2, 0.25) is 0 Å². The number of nitrogens with zero attached hydrogens (tertiary/aromatic N) is 4. The van der Waals surface area contributed by atoms with Crippen molar-refractivity contribution in [3.63, 3.8) is 0 Å². The summed E-state index contributed by atoms with van der Waals surface area (Å²) in [5.74, 6) is -0.104. The molecule has 140 valence electrons. The summed E-state index contributed by atoms with van der Waals surface area (Å²) >= 11 is 2.59. The highest BCUT2D eigenvalue weighted by molar-refractivity contribution is 7.13. The molecule has 1 atom stereocenters. The predicted molar refractivity (Wildman–Crippen MR) is 107 cm³/mol. The minimum absolute atomic E-state index is 0.00253. The van der Waals surface area contributed by atoms with Crippen LogP contribution in [0.25, 0.3) is 11.4 Å². The fourth-order valence-electron chi connectivity index (χ4n) is 3.27. The Kier molecular flexibility index (Phi) is 5.42. The normalized spacial score (nSPS) is 17.7. The molecule has 27 heavy (non-hydrogen) atoms. The first-order valence-corrected chi connectivity index (χ1v) is 10.5. The van der Waals surface area contributed by atoms with Crippen LogP contribution in [-0.2, 0) is 11.5 Å². The minimum atomic E-state index is -0.102. The van der Waals surface area contributed by atoms with Crippen molar-refractivity contribution in [2.24, 2.45) is 5.92 Å². The molecule has 0 saturated carbocycles. The summed E-state index contributed by atoms with van der Waals surface area (Å²) in [6, 6.07) is 5.67. The van der Waals surface area contributed by atoms with Gasteiger partial charge in [0.1, 0.15) is 0 Å². The van der Waals surface area contributed by atoms with Crippen LogP contribution in [-0.4, -0.2) is 38.4 Å². The van der Waals surface area contributed by atoms with Gasteiger partial charge in [-0.05, 0) is 31.5 Å². The summed E-state index contributed by atoms with van der Waals surface area (Å²) in [6.07, 6.45) is 5.17. The third-order valence-corrected chi connectivity index (χ3v) is 6.04. The molecule has 1 amide bonds. The molecule has 9 heteroatoms. The van der Waals surface area contributed by atoms with Gasteiger partial charge in [-0.25, -0.2) is 4.98 Å². The lowest BCUT2D eigenvalue weighted by atomic mass is 9.97. The lowest BCUT2D eigenvalue weighted by molar-refractivity contribution is -0.121. The number of hydrogen-bond acceptors (Lipinski definition) is 7. The average Bonchev–Trinajstić information content (AvgIpc) is 3.33. The molecule has 0 spiro atoms. The standard InChI is InChI=1S/C18H19N5O2S2/c24-16(21-17-20-7-9-26-17)13-4-3-8-22(10-13)12-23-15(11-27-18(23)25)14-5-1-2-6-19-14/h1-2,5-7,9,11,13H,3-4,8,10,12H2,(H,20,21,24). The molecule has 4 heterocycles. The molecule has 0 radical (unpaired) electrons. The second-order valence-corrected chi connectivity index (χ2v) is 8.13. The second kappa shape index (κ2) is 8.12. The van der Waals surface area contributed by atoms with Gasteiger partial charge in [-0.1, -0.05) is 17.4 Å². The molecule has 1 fully saturated rings. The first kappa shape index (κ1) is 18.0. The number of anilines is 1. The molecule has 3 aromatic rings. The number of hydrogen-bond donors (Lipinski definition) is 1. The van der Waals surface area contributed by atoms with Gasteiger partial charge in [-0.2, -0.15) is 0 Å². The highest BCUT2D eigenvalue weighted by Crippen LogP contribution is 2.22. The summed E-state index contributed by atoms with van der Waals surface area (Å²) in [5.41, 5.74) is 1.60. The van der Waals surface area contributed by atoms with E-state index in [1.807, 2.05) is 29.0 Å². The number of amides is 1. The lowest BCUT2D eigenvalue weighted by Crippen LogP contribution is -2.42. The van der Waals surface area contributed by atoms with Crippen LogP contribution in [0.3, 0.4) is 0 Å². The van der Waals surface area contributed by atoms with E-state index in [9.17, 15) is 9.59 Å². The summed E-state index contributed by atoms with van der Waals surface area (Å²) < 4.78 is 1.74. The van der Waals surface area contributed by atoms with Crippen LogP contribution in [0, 0.1) is 5.92 Å². The van der Waals surface area contributed by atoms with Crippen molar-refractivity contribution < 1.29 is 4.79 Å². The fourth-order valence-corrected chi connectivity index (χ4v) is 4.54. The number of aromatic nitrogens is 3. The van der Waals surface area contributed by atoms with Crippen LogP contribution in [0.1, 0.15) is 12.8 Å². The maximum absolute atomic E-state index is 12.5. The Morgan fingerprint density at radius 2 is 2.19 bits per heavy atom. The smallest absolute Gasteiger partial charge is 0.302 e. The van der Waals surface area contributed by atoms with Gasteiger partial charge in [0.25, 0.3) is 0 Å². The summed E-state index contributed by atoms with van der Waals surface area (Å²) in [6.45, 7) is 1.96. The lowest BCUT2D eigenvalue weighted by Gasteiger charge is -2.32. The van der Waals surface area contributed by atoms with Gasteiger partial charge in [-0.15, -0.1) is 11.3 Å². The van der Waals surface area contributed by atoms with Crippen LogP contribution in [0.5, 0.6) is 0 Å². The SMILES string of the molecule is O=C(Nc1nccs1)C1CCCN(Cn2c(-c3ccccn3)csc2=O)C1. The van der Waals surface area contributed by atoms with Crippen molar-refractivity contribution in [3.05, 3.63) is 51.0 Å². The second-order valence-electron chi connectivity index (χ2n) is 6.41.